The Bertz CT molecular complexity index is 319. The Morgan fingerprint density at radius 2 is 1.88 bits per heavy atom. The van der Waals surface area contributed by atoms with Crippen molar-refractivity contribution in [2.45, 2.75) is 39.5 Å². The van der Waals surface area contributed by atoms with E-state index < -0.39 is 6.67 Å². The average molecular weight is 224 g/mol. The van der Waals surface area contributed by atoms with Crippen LogP contribution < -0.4 is 0 Å². The molecule has 1 aromatic carbocycles. The first-order valence-corrected chi connectivity index (χ1v) is 5.55. The lowest BCUT2D eigenvalue weighted by atomic mass is 10.1. The number of esters is 1. The van der Waals surface area contributed by atoms with E-state index in [1.54, 1.807) is 24.3 Å². The third-order valence-electron chi connectivity index (χ3n) is 2.31. The number of carbonyl (C=O) groups excluding carboxylic acids is 1. The standard InChI is InChI=1S/C13H17FO2/c1-2-3-4-13(15)16-10-12-7-5-11(9-14)6-8-12/h5-8H,2-4,9-10H2,1H3. The Morgan fingerprint density at radius 3 is 2.44 bits per heavy atom. The zero-order valence-electron chi connectivity index (χ0n) is 9.54. The van der Waals surface area contributed by atoms with E-state index >= 15 is 0 Å². The predicted octanol–water partition coefficient (Wildman–Crippen LogP) is 3.39. The second-order valence-corrected chi connectivity index (χ2v) is 3.71. The second kappa shape index (κ2) is 6.99. The summed E-state index contributed by atoms with van der Waals surface area (Å²) >= 11 is 0. The second-order valence-electron chi connectivity index (χ2n) is 3.71. The minimum Gasteiger partial charge on any atom is -0.461 e. The summed E-state index contributed by atoms with van der Waals surface area (Å²) in [6.45, 7) is 1.84. The van der Waals surface area contributed by atoms with E-state index in [-0.39, 0.29) is 12.6 Å². The minimum atomic E-state index is -0.462. The van der Waals surface area contributed by atoms with E-state index in [1.807, 2.05) is 6.92 Å². The zero-order valence-corrected chi connectivity index (χ0v) is 9.54. The number of benzene rings is 1. The van der Waals surface area contributed by atoms with Crippen LogP contribution in [0.3, 0.4) is 0 Å². The lowest BCUT2D eigenvalue weighted by molar-refractivity contribution is -0.145. The van der Waals surface area contributed by atoms with Crippen molar-refractivity contribution in [1.29, 1.82) is 0 Å². The van der Waals surface area contributed by atoms with Gasteiger partial charge in [-0.3, -0.25) is 4.79 Å². The quantitative estimate of drug-likeness (QED) is 0.692. The number of ether oxygens (including phenoxy) is 1. The number of unbranched alkanes of at least 4 members (excludes halogenated alkanes) is 1. The highest BCUT2D eigenvalue weighted by atomic mass is 19.1. The highest BCUT2D eigenvalue weighted by Gasteiger charge is 2.02. The Morgan fingerprint density at radius 1 is 1.25 bits per heavy atom. The number of hydrogen-bond donors (Lipinski definition) is 0. The largest absolute Gasteiger partial charge is 0.461 e. The fourth-order valence-electron chi connectivity index (χ4n) is 1.28. The molecular formula is C13H17FO2. The summed E-state index contributed by atoms with van der Waals surface area (Å²) < 4.78 is 17.3. The first kappa shape index (κ1) is 12.7. The van der Waals surface area contributed by atoms with E-state index in [1.165, 1.54) is 0 Å². The summed E-state index contributed by atoms with van der Waals surface area (Å²) in [5, 5.41) is 0. The molecule has 88 valence electrons. The monoisotopic (exact) mass is 224 g/mol. The van der Waals surface area contributed by atoms with Crippen molar-refractivity contribution in [3.05, 3.63) is 35.4 Å². The van der Waals surface area contributed by atoms with Crippen molar-refractivity contribution < 1.29 is 13.9 Å². The van der Waals surface area contributed by atoms with Gasteiger partial charge in [-0.05, 0) is 17.5 Å². The smallest absolute Gasteiger partial charge is 0.306 e. The molecule has 0 aliphatic rings. The van der Waals surface area contributed by atoms with E-state index in [2.05, 4.69) is 0 Å². The highest BCUT2D eigenvalue weighted by Crippen LogP contribution is 2.07. The van der Waals surface area contributed by atoms with Gasteiger partial charge in [0.25, 0.3) is 0 Å². The number of carbonyl (C=O) groups is 1. The van der Waals surface area contributed by atoms with Crippen LogP contribution in [0.25, 0.3) is 0 Å². The Balaban J connectivity index is 2.33. The van der Waals surface area contributed by atoms with E-state index in [0.717, 1.165) is 18.4 Å². The molecule has 2 nitrogen and oxygen atoms in total. The van der Waals surface area contributed by atoms with Gasteiger partial charge in [-0.25, -0.2) is 4.39 Å². The van der Waals surface area contributed by atoms with Crippen molar-refractivity contribution in [3.8, 4) is 0 Å². The number of alkyl halides is 1. The fourth-order valence-corrected chi connectivity index (χ4v) is 1.28. The molecule has 0 saturated carbocycles. The molecule has 0 N–H and O–H groups in total. The molecule has 0 heterocycles. The third kappa shape index (κ3) is 4.43. The summed E-state index contributed by atoms with van der Waals surface area (Å²) in [6.07, 6.45) is 2.32. The molecule has 0 unspecified atom stereocenters. The number of halogens is 1. The first-order chi connectivity index (χ1) is 7.76. The molecule has 16 heavy (non-hydrogen) atoms. The van der Waals surface area contributed by atoms with Crippen molar-refractivity contribution in [2.75, 3.05) is 0 Å². The topological polar surface area (TPSA) is 26.3 Å². The highest BCUT2D eigenvalue weighted by molar-refractivity contribution is 5.69. The van der Waals surface area contributed by atoms with E-state index in [0.29, 0.717) is 12.0 Å². The first-order valence-electron chi connectivity index (χ1n) is 5.55. The molecule has 0 aromatic heterocycles. The molecule has 0 aliphatic heterocycles. The van der Waals surface area contributed by atoms with Crippen LogP contribution in [-0.4, -0.2) is 5.97 Å². The maximum atomic E-state index is 12.2. The van der Waals surface area contributed by atoms with Crippen LogP contribution in [0, 0.1) is 0 Å². The van der Waals surface area contributed by atoms with Crippen molar-refractivity contribution in [3.63, 3.8) is 0 Å². The Hall–Kier alpha value is -1.38. The van der Waals surface area contributed by atoms with Crippen LogP contribution >= 0.6 is 0 Å². The van der Waals surface area contributed by atoms with Crippen LogP contribution in [0.15, 0.2) is 24.3 Å². The van der Waals surface area contributed by atoms with Gasteiger partial charge in [0, 0.05) is 6.42 Å². The third-order valence-corrected chi connectivity index (χ3v) is 2.31. The Kier molecular flexibility index (Phi) is 5.54. The molecule has 1 rings (SSSR count). The summed E-state index contributed by atoms with van der Waals surface area (Å²) in [5.41, 5.74) is 1.53. The zero-order chi connectivity index (χ0) is 11.8. The lowest BCUT2D eigenvalue weighted by Gasteiger charge is -2.04. The number of rotatable bonds is 6. The SMILES string of the molecule is CCCCC(=O)OCc1ccc(CF)cc1. The van der Waals surface area contributed by atoms with Gasteiger partial charge >= 0.3 is 5.97 Å². The van der Waals surface area contributed by atoms with Crippen LogP contribution in [0.4, 0.5) is 4.39 Å². The van der Waals surface area contributed by atoms with Gasteiger partial charge in [0.05, 0.1) is 0 Å². The molecule has 0 atom stereocenters. The predicted molar refractivity (Wildman–Crippen MR) is 60.6 cm³/mol. The van der Waals surface area contributed by atoms with Gasteiger partial charge in [0.2, 0.25) is 0 Å². The van der Waals surface area contributed by atoms with Crippen LogP contribution in [0.2, 0.25) is 0 Å². The van der Waals surface area contributed by atoms with Crippen LogP contribution in [0.5, 0.6) is 0 Å². The summed E-state index contributed by atoms with van der Waals surface area (Å²) in [6, 6.07) is 6.97. The molecule has 0 fully saturated rings. The normalized spacial score (nSPS) is 10.1. The number of hydrogen-bond acceptors (Lipinski definition) is 2. The molecule has 1 aromatic rings. The van der Waals surface area contributed by atoms with Crippen molar-refractivity contribution in [1.82, 2.24) is 0 Å². The van der Waals surface area contributed by atoms with Gasteiger partial charge in [-0.15, -0.1) is 0 Å². The molecule has 0 bridgehead atoms. The minimum absolute atomic E-state index is 0.170. The summed E-state index contributed by atoms with van der Waals surface area (Å²) in [4.78, 5) is 11.2. The van der Waals surface area contributed by atoms with Gasteiger partial charge < -0.3 is 4.74 Å². The van der Waals surface area contributed by atoms with Crippen molar-refractivity contribution in [2.24, 2.45) is 0 Å². The molecular weight excluding hydrogens is 207 g/mol. The summed E-state index contributed by atoms with van der Waals surface area (Å²) in [7, 11) is 0. The maximum absolute atomic E-state index is 12.2. The average Bonchev–Trinajstić information content (AvgIpc) is 2.34. The van der Waals surface area contributed by atoms with Crippen molar-refractivity contribution >= 4 is 5.97 Å². The molecule has 0 radical (unpaired) electrons. The van der Waals surface area contributed by atoms with E-state index in [4.69, 9.17) is 4.74 Å². The molecule has 0 spiro atoms. The van der Waals surface area contributed by atoms with E-state index in [9.17, 15) is 9.18 Å². The van der Waals surface area contributed by atoms with Gasteiger partial charge in [-0.2, -0.15) is 0 Å². The van der Waals surface area contributed by atoms with Crippen LogP contribution in [0.1, 0.15) is 37.3 Å². The molecule has 0 saturated heterocycles. The fraction of sp³-hybridized carbons (Fsp3) is 0.462. The Labute approximate surface area is 95.4 Å². The van der Waals surface area contributed by atoms with Crippen LogP contribution in [-0.2, 0) is 22.8 Å². The van der Waals surface area contributed by atoms with Gasteiger partial charge in [0.15, 0.2) is 0 Å². The van der Waals surface area contributed by atoms with Gasteiger partial charge in [-0.1, -0.05) is 37.6 Å². The van der Waals surface area contributed by atoms with Gasteiger partial charge in [0.1, 0.15) is 13.3 Å². The molecule has 0 aliphatic carbocycles. The summed E-state index contributed by atoms with van der Waals surface area (Å²) in [5.74, 6) is -0.170. The lowest BCUT2D eigenvalue weighted by Crippen LogP contribution is -2.04. The molecule has 0 amide bonds. The molecule has 3 heteroatoms. The maximum Gasteiger partial charge on any atom is 0.306 e.